The van der Waals surface area contributed by atoms with Crippen molar-refractivity contribution >= 4 is 11.8 Å². The van der Waals surface area contributed by atoms with Crippen molar-refractivity contribution in [1.82, 2.24) is 19.8 Å². The van der Waals surface area contributed by atoms with E-state index in [9.17, 15) is 9.59 Å². The number of ether oxygens (including phenoxy) is 2. The molecule has 208 valence electrons. The Morgan fingerprint density at radius 2 is 1.87 bits per heavy atom. The fourth-order valence-electron chi connectivity index (χ4n) is 5.08. The van der Waals surface area contributed by atoms with Gasteiger partial charge < -0.3 is 24.3 Å². The van der Waals surface area contributed by atoms with Gasteiger partial charge in [0.25, 0.3) is 0 Å². The van der Waals surface area contributed by atoms with Crippen molar-refractivity contribution in [3.8, 4) is 5.75 Å². The normalized spacial score (nSPS) is 14.9. The number of rotatable bonds is 13. The number of carbonyl (C=O) groups excluding carboxylic acids is 2. The van der Waals surface area contributed by atoms with E-state index in [2.05, 4.69) is 36.3 Å². The van der Waals surface area contributed by atoms with Gasteiger partial charge in [0, 0.05) is 32.7 Å². The van der Waals surface area contributed by atoms with Gasteiger partial charge in [-0.05, 0) is 48.6 Å². The maximum atomic E-state index is 13.8. The Morgan fingerprint density at radius 1 is 1.13 bits per heavy atom. The summed E-state index contributed by atoms with van der Waals surface area (Å²) in [4.78, 5) is 32.9. The lowest BCUT2D eigenvalue weighted by Gasteiger charge is -2.51. The van der Waals surface area contributed by atoms with E-state index in [4.69, 9.17) is 9.47 Å². The van der Waals surface area contributed by atoms with Gasteiger partial charge in [-0.15, -0.1) is 0 Å². The van der Waals surface area contributed by atoms with Crippen LogP contribution in [0.1, 0.15) is 48.6 Å². The van der Waals surface area contributed by atoms with Gasteiger partial charge in [0.05, 0.1) is 32.2 Å². The lowest BCUT2D eigenvalue weighted by molar-refractivity contribution is -0.175. The van der Waals surface area contributed by atoms with E-state index in [-0.39, 0.29) is 18.2 Å². The minimum atomic E-state index is -0.680. The molecule has 0 saturated carbocycles. The fraction of sp³-hybridized carbons (Fsp3) is 0.452. The predicted octanol–water partition coefficient (Wildman–Crippen LogP) is 3.95. The number of hydrogen-bond acceptors (Lipinski definition) is 5. The average Bonchev–Trinajstić information content (AvgIpc) is 3.34. The summed E-state index contributed by atoms with van der Waals surface area (Å²) in [6, 6.07) is 15.1. The Balaban J connectivity index is 1.48. The maximum absolute atomic E-state index is 13.8. The number of hydrogen-bond donors (Lipinski definition) is 1. The Morgan fingerprint density at radius 3 is 2.51 bits per heavy atom. The number of likely N-dealkylation sites (tertiary alicyclic amines) is 1. The first-order valence-electron chi connectivity index (χ1n) is 13.7. The number of carbonyl (C=O) groups is 2. The smallest absolute Gasteiger partial charge is 0.245 e. The third-order valence-corrected chi connectivity index (χ3v) is 7.32. The van der Waals surface area contributed by atoms with E-state index >= 15 is 0 Å². The van der Waals surface area contributed by atoms with Crippen LogP contribution in [0.3, 0.4) is 0 Å². The second-order valence-electron chi connectivity index (χ2n) is 10.4. The highest BCUT2D eigenvalue weighted by Gasteiger charge is 2.49. The molecule has 2 heterocycles. The van der Waals surface area contributed by atoms with Crippen LogP contribution < -0.4 is 10.1 Å². The van der Waals surface area contributed by atoms with Crippen molar-refractivity contribution in [2.45, 2.75) is 57.6 Å². The number of aryl methyl sites for hydroxylation is 3. The van der Waals surface area contributed by atoms with Gasteiger partial charge in [0.2, 0.25) is 11.8 Å². The fourth-order valence-corrected chi connectivity index (χ4v) is 5.08. The molecule has 2 aromatic carbocycles. The monoisotopic (exact) mass is 532 g/mol. The minimum Gasteiger partial charge on any atom is -0.497 e. The highest BCUT2D eigenvalue weighted by Crippen LogP contribution is 2.38. The van der Waals surface area contributed by atoms with Crippen LogP contribution in [0.4, 0.5) is 0 Å². The van der Waals surface area contributed by atoms with E-state index < -0.39 is 11.6 Å². The molecule has 4 rings (SSSR count). The molecule has 1 fully saturated rings. The molecule has 0 bridgehead atoms. The zero-order chi connectivity index (χ0) is 27.8. The van der Waals surface area contributed by atoms with E-state index in [0.717, 1.165) is 41.0 Å². The molecule has 1 atom stereocenters. The zero-order valence-electron chi connectivity index (χ0n) is 23.5. The van der Waals surface area contributed by atoms with Gasteiger partial charge in [-0.1, -0.05) is 49.7 Å². The topological polar surface area (TPSA) is 85.7 Å². The molecule has 1 aliphatic heterocycles. The summed E-state index contributed by atoms with van der Waals surface area (Å²) in [6.07, 6.45) is 6.79. The number of benzene rings is 2. The van der Waals surface area contributed by atoms with Gasteiger partial charge in [-0.2, -0.15) is 0 Å². The second-order valence-corrected chi connectivity index (χ2v) is 10.4. The number of amides is 2. The summed E-state index contributed by atoms with van der Waals surface area (Å²) in [5.41, 5.74) is 3.55. The Kier molecular flexibility index (Phi) is 9.41. The first kappa shape index (κ1) is 28.4. The molecular weight excluding hydrogens is 492 g/mol. The number of unbranched alkanes of at least 4 members (excludes halogenated alkanes) is 1. The average molecular weight is 533 g/mol. The molecule has 8 nitrogen and oxygen atoms in total. The van der Waals surface area contributed by atoms with Crippen molar-refractivity contribution in [1.29, 1.82) is 0 Å². The van der Waals surface area contributed by atoms with Crippen molar-refractivity contribution in [3.63, 3.8) is 0 Å². The Labute approximate surface area is 231 Å². The number of aromatic nitrogens is 2. The molecule has 8 heteroatoms. The molecule has 0 aliphatic carbocycles. The van der Waals surface area contributed by atoms with Gasteiger partial charge in [-0.25, -0.2) is 4.98 Å². The lowest BCUT2D eigenvalue weighted by Crippen LogP contribution is -2.66. The second kappa shape index (κ2) is 12.9. The lowest BCUT2D eigenvalue weighted by atomic mass is 9.82. The van der Waals surface area contributed by atoms with E-state index in [0.29, 0.717) is 32.5 Å². The summed E-state index contributed by atoms with van der Waals surface area (Å²) in [7, 11) is 3.52. The summed E-state index contributed by atoms with van der Waals surface area (Å²) in [5.74, 6) is 0.480. The van der Waals surface area contributed by atoms with Crippen LogP contribution in [0.5, 0.6) is 5.75 Å². The SMILES string of the molecule is CCCCOC1(c2ccccc2C)CN(C(=O)[C@@H](Cc2ccc(OC)cc2)NC(=O)CCc2cn(C)cn2)C1. The molecule has 2 amide bonds. The summed E-state index contributed by atoms with van der Waals surface area (Å²) in [6.45, 7) is 5.79. The summed E-state index contributed by atoms with van der Waals surface area (Å²) in [5, 5.41) is 3.01. The van der Waals surface area contributed by atoms with Crippen molar-refractivity contribution < 1.29 is 19.1 Å². The van der Waals surface area contributed by atoms with Gasteiger partial charge >= 0.3 is 0 Å². The number of imidazole rings is 1. The van der Waals surface area contributed by atoms with Crippen LogP contribution in [0, 0.1) is 6.92 Å². The maximum Gasteiger partial charge on any atom is 0.245 e. The van der Waals surface area contributed by atoms with Crippen molar-refractivity contribution in [2.24, 2.45) is 7.05 Å². The predicted molar refractivity (Wildman–Crippen MR) is 150 cm³/mol. The molecule has 0 spiro atoms. The van der Waals surface area contributed by atoms with E-state index in [1.807, 2.05) is 59.1 Å². The molecule has 1 aliphatic rings. The number of methoxy groups -OCH3 is 1. The molecule has 0 radical (unpaired) electrons. The molecule has 0 unspecified atom stereocenters. The summed E-state index contributed by atoms with van der Waals surface area (Å²) < 4.78 is 13.6. The van der Waals surface area contributed by atoms with Gasteiger partial charge in [-0.3, -0.25) is 9.59 Å². The molecule has 39 heavy (non-hydrogen) atoms. The minimum absolute atomic E-state index is 0.0969. The van der Waals surface area contributed by atoms with Crippen LogP contribution in [-0.4, -0.2) is 59.1 Å². The Hall–Kier alpha value is -3.65. The molecule has 1 saturated heterocycles. The van der Waals surface area contributed by atoms with Crippen LogP contribution in [0.25, 0.3) is 0 Å². The first-order valence-corrected chi connectivity index (χ1v) is 13.7. The number of nitrogens with zero attached hydrogens (tertiary/aromatic N) is 3. The van der Waals surface area contributed by atoms with Crippen LogP contribution in [-0.2, 0) is 39.8 Å². The van der Waals surface area contributed by atoms with Crippen LogP contribution >= 0.6 is 0 Å². The largest absolute Gasteiger partial charge is 0.497 e. The Bertz CT molecular complexity index is 1250. The zero-order valence-corrected chi connectivity index (χ0v) is 23.5. The van der Waals surface area contributed by atoms with Gasteiger partial charge in [0.1, 0.15) is 17.4 Å². The summed E-state index contributed by atoms with van der Waals surface area (Å²) >= 11 is 0. The molecule has 1 N–H and O–H groups in total. The molecule has 1 aromatic heterocycles. The van der Waals surface area contributed by atoms with E-state index in [1.165, 1.54) is 0 Å². The highest BCUT2D eigenvalue weighted by molar-refractivity contribution is 5.88. The third kappa shape index (κ3) is 7.06. The van der Waals surface area contributed by atoms with E-state index in [1.54, 1.807) is 13.4 Å². The van der Waals surface area contributed by atoms with Crippen LogP contribution in [0.15, 0.2) is 61.1 Å². The van der Waals surface area contributed by atoms with Crippen molar-refractivity contribution in [3.05, 3.63) is 83.4 Å². The van der Waals surface area contributed by atoms with Crippen molar-refractivity contribution in [2.75, 3.05) is 26.8 Å². The molecular formula is C31H40N4O4. The van der Waals surface area contributed by atoms with Gasteiger partial charge in [0.15, 0.2) is 0 Å². The standard InChI is InChI=1S/C31H40N4O4/c1-5-6-17-39-31(27-10-8-7-9-23(27)2)20-35(21-31)30(37)28(18-24-11-14-26(38-4)15-12-24)33-29(36)16-13-25-19-34(3)22-32-25/h7-12,14-15,19,22,28H,5-6,13,16-18,20-21H2,1-4H3,(H,33,36)/t28-/m1/s1. The van der Waals surface area contributed by atoms with Crippen LogP contribution in [0.2, 0.25) is 0 Å². The highest BCUT2D eigenvalue weighted by atomic mass is 16.5. The number of nitrogens with one attached hydrogen (secondary N) is 1. The molecule has 3 aromatic rings. The first-order chi connectivity index (χ1) is 18.8. The quantitative estimate of drug-likeness (QED) is 0.337. The third-order valence-electron chi connectivity index (χ3n) is 7.32.